The number of hydrogen-bond acceptors (Lipinski definition) is 3. The molecule has 0 spiro atoms. The second kappa shape index (κ2) is 10.2. The summed E-state index contributed by atoms with van der Waals surface area (Å²) in [6, 6.07) is 20.4. The van der Waals surface area contributed by atoms with E-state index >= 15 is 0 Å². The van der Waals surface area contributed by atoms with Crippen molar-refractivity contribution in [2.45, 2.75) is 0 Å². The first-order valence-corrected chi connectivity index (χ1v) is 10.5. The van der Waals surface area contributed by atoms with Crippen LogP contribution < -0.4 is 15.5 Å². The average Bonchev–Trinajstić information content (AvgIpc) is 2.75. The highest BCUT2D eigenvalue weighted by Crippen LogP contribution is 2.17. The average molecular weight is 529 g/mol. The van der Waals surface area contributed by atoms with Crippen LogP contribution in [0.3, 0.4) is 0 Å². The molecule has 0 bridgehead atoms. The topological polar surface area (TPSA) is 61.4 Å². The van der Waals surface area contributed by atoms with E-state index < -0.39 is 17.6 Å². The van der Waals surface area contributed by atoms with Gasteiger partial charge in [0.05, 0.1) is 5.56 Å². The SMILES string of the molecule is CN(C)c1ccc(C=C(NC(=O)c2ccccc2F)C(=O)Nc2ccc(I)cc2)cc1. The zero-order valence-electron chi connectivity index (χ0n) is 17.0. The van der Waals surface area contributed by atoms with Crippen LogP contribution >= 0.6 is 22.6 Å². The molecule has 2 amide bonds. The largest absolute Gasteiger partial charge is 0.378 e. The minimum atomic E-state index is -0.702. The lowest BCUT2D eigenvalue weighted by Gasteiger charge is -2.13. The Balaban J connectivity index is 1.90. The molecular formula is C24H21FIN3O2. The molecule has 0 saturated heterocycles. The summed E-state index contributed by atoms with van der Waals surface area (Å²) in [5.74, 6) is -1.87. The van der Waals surface area contributed by atoms with Crippen molar-refractivity contribution >= 4 is 51.9 Å². The molecule has 3 aromatic rings. The lowest BCUT2D eigenvalue weighted by molar-refractivity contribution is -0.113. The van der Waals surface area contributed by atoms with Crippen LogP contribution in [0.4, 0.5) is 15.8 Å². The predicted octanol–water partition coefficient (Wildman–Crippen LogP) is 4.91. The molecule has 0 aliphatic heterocycles. The van der Waals surface area contributed by atoms with Gasteiger partial charge in [0, 0.05) is 29.0 Å². The molecule has 0 unspecified atom stereocenters. The maximum Gasteiger partial charge on any atom is 0.272 e. The first-order chi connectivity index (χ1) is 14.8. The van der Waals surface area contributed by atoms with E-state index in [-0.39, 0.29) is 11.3 Å². The van der Waals surface area contributed by atoms with Crippen LogP contribution in [-0.4, -0.2) is 25.9 Å². The van der Waals surface area contributed by atoms with Crippen molar-refractivity contribution in [2.24, 2.45) is 0 Å². The van der Waals surface area contributed by atoms with Gasteiger partial charge in [0.2, 0.25) is 0 Å². The molecule has 7 heteroatoms. The molecule has 3 rings (SSSR count). The number of benzene rings is 3. The minimum Gasteiger partial charge on any atom is -0.378 e. The second-order valence-corrected chi connectivity index (χ2v) is 8.18. The van der Waals surface area contributed by atoms with Gasteiger partial charge in [-0.25, -0.2) is 4.39 Å². The number of halogens is 2. The summed E-state index contributed by atoms with van der Waals surface area (Å²) in [5, 5.41) is 5.31. The van der Waals surface area contributed by atoms with Gasteiger partial charge < -0.3 is 15.5 Å². The standard InChI is InChI=1S/C24H21FIN3O2/c1-29(2)19-13-7-16(8-14-19)15-22(24(31)27-18-11-9-17(26)10-12-18)28-23(30)20-5-3-4-6-21(20)25/h3-15H,1-2H3,(H,27,31)(H,28,30). The van der Waals surface area contributed by atoms with Crippen molar-refractivity contribution in [1.29, 1.82) is 0 Å². The van der Waals surface area contributed by atoms with E-state index in [1.807, 2.05) is 55.4 Å². The molecule has 0 heterocycles. The number of nitrogens with zero attached hydrogens (tertiary/aromatic N) is 1. The Hall–Kier alpha value is -3.20. The molecule has 2 N–H and O–H groups in total. The fourth-order valence-corrected chi connectivity index (χ4v) is 3.12. The maximum absolute atomic E-state index is 14.0. The summed E-state index contributed by atoms with van der Waals surface area (Å²) in [4.78, 5) is 27.5. The van der Waals surface area contributed by atoms with E-state index in [0.29, 0.717) is 11.3 Å². The molecule has 5 nitrogen and oxygen atoms in total. The molecule has 0 aliphatic carbocycles. The monoisotopic (exact) mass is 529 g/mol. The van der Waals surface area contributed by atoms with Crippen LogP contribution in [0.5, 0.6) is 0 Å². The Labute approximate surface area is 194 Å². The van der Waals surface area contributed by atoms with Gasteiger partial charge in [-0.1, -0.05) is 24.3 Å². The van der Waals surface area contributed by atoms with Crippen molar-refractivity contribution in [1.82, 2.24) is 5.32 Å². The van der Waals surface area contributed by atoms with E-state index in [2.05, 4.69) is 33.2 Å². The lowest BCUT2D eigenvalue weighted by Crippen LogP contribution is -2.31. The Morgan fingerprint density at radius 3 is 2.19 bits per heavy atom. The summed E-state index contributed by atoms with van der Waals surface area (Å²) in [5.41, 5.74) is 2.16. The van der Waals surface area contributed by atoms with Gasteiger partial charge in [0.1, 0.15) is 11.5 Å². The molecule has 0 aromatic heterocycles. The number of amides is 2. The van der Waals surface area contributed by atoms with E-state index in [0.717, 1.165) is 9.26 Å². The van der Waals surface area contributed by atoms with Crippen molar-refractivity contribution in [3.8, 4) is 0 Å². The molecule has 0 aliphatic rings. The fraction of sp³-hybridized carbons (Fsp3) is 0.0833. The van der Waals surface area contributed by atoms with E-state index in [1.165, 1.54) is 18.2 Å². The highest BCUT2D eigenvalue weighted by molar-refractivity contribution is 14.1. The van der Waals surface area contributed by atoms with Gasteiger partial charge in [-0.15, -0.1) is 0 Å². The second-order valence-electron chi connectivity index (χ2n) is 6.94. The Morgan fingerprint density at radius 2 is 1.58 bits per heavy atom. The number of carbonyl (C=O) groups is 2. The molecule has 0 saturated carbocycles. The quantitative estimate of drug-likeness (QED) is 0.353. The Morgan fingerprint density at radius 1 is 0.935 bits per heavy atom. The smallest absolute Gasteiger partial charge is 0.272 e. The molecule has 31 heavy (non-hydrogen) atoms. The maximum atomic E-state index is 14.0. The van der Waals surface area contributed by atoms with E-state index in [1.54, 1.807) is 24.3 Å². The van der Waals surface area contributed by atoms with Gasteiger partial charge in [-0.05, 0) is 82.8 Å². The van der Waals surface area contributed by atoms with Crippen molar-refractivity contribution in [3.63, 3.8) is 0 Å². The van der Waals surface area contributed by atoms with Crippen molar-refractivity contribution in [3.05, 3.63) is 99.0 Å². The normalized spacial score (nSPS) is 11.0. The Kier molecular flexibility index (Phi) is 7.41. The number of hydrogen-bond donors (Lipinski definition) is 2. The molecule has 0 fully saturated rings. The summed E-state index contributed by atoms with van der Waals surface area (Å²) in [6.45, 7) is 0. The summed E-state index contributed by atoms with van der Waals surface area (Å²) in [6.07, 6.45) is 1.56. The summed E-state index contributed by atoms with van der Waals surface area (Å²) < 4.78 is 15.1. The number of anilines is 2. The molecule has 158 valence electrons. The van der Waals surface area contributed by atoms with Gasteiger partial charge in [-0.2, -0.15) is 0 Å². The van der Waals surface area contributed by atoms with Crippen molar-refractivity contribution in [2.75, 3.05) is 24.3 Å². The number of rotatable bonds is 6. The lowest BCUT2D eigenvalue weighted by atomic mass is 10.1. The van der Waals surface area contributed by atoms with Crippen LogP contribution in [0.1, 0.15) is 15.9 Å². The zero-order chi connectivity index (χ0) is 22.4. The van der Waals surface area contributed by atoms with Gasteiger partial charge in [-0.3, -0.25) is 9.59 Å². The summed E-state index contributed by atoms with van der Waals surface area (Å²) in [7, 11) is 3.86. The van der Waals surface area contributed by atoms with Crippen LogP contribution in [0, 0.1) is 9.39 Å². The van der Waals surface area contributed by atoms with Gasteiger partial charge >= 0.3 is 0 Å². The predicted molar refractivity (Wildman–Crippen MR) is 130 cm³/mol. The van der Waals surface area contributed by atoms with Gasteiger partial charge in [0.25, 0.3) is 11.8 Å². The fourth-order valence-electron chi connectivity index (χ4n) is 2.76. The highest BCUT2D eigenvalue weighted by Gasteiger charge is 2.17. The van der Waals surface area contributed by atoms with Gasteiger partial charge in [0.15, 0.2) is 0 Å². The molecule has 3 aromatic carbocycles. The zero-order valence-corrected chi connectivity index (χ0v) is 19.2. The van der Waals surface area contributed by atoms with E-state index in [4.69, 9.17) is 0 Å². The molecule has 0 radical (unpaired) electrons. The molecule has 0 atom stereocenters. The van der Waals surface area contributed by atoms with Crippen LogP contribution in [0.2, 0.25) is 0 Å². The Bertz CT molecular complexity index is 1110. The summed E-state index contributed by atoms with van der Waals surface area (Å²) >= 11 is 2.17. The molecular weight excluding hydrogens is 508 g/mol. The minimum absolute atomic E-state index is 0.00408. The number of carbonyl (C=O) groups excluding carboxylic acids is 2. The van der Waals surface area contributed by atoms with Crippen LogP contribution in [-0.2, 0) is 4.79 Å². The first-order valence-electron chi connectivity index (χ1n) is 9.45. The van der Waals surface area contributed by atoms with Crippen LogP contribution in [0.25, 0.3) is 6.08 Å². The third kappa shape index (κ3) is 6.14. The third-order valence-electron chi connectivity index (χ3n) is 4.43. The first kappa shape index (κ1) is 22.5. The third-order valence-corrected chi connectivity index (χ3v) is 5.15. The van der Waals surface area contributed by atoms with Crippen molar-refractivity contribution < 1.29 is 14.0 Å². The highest BCUT2D eigenvalue weighted by atomic mass is 127. The van der Waals surface area contributed by atoms with E-state index in [9.17, 15) is 14.0 Å². The van der Waals surface area contributed by atoms with Crippen LogP contribution in [0.15, 0.2) is 78.5 Å². The number of nitrogens with one attached hydrogen (secondary N) is 2.